The van der Waals surface area contributed by atoms with Gasteiger partial charge < -0.3 is 5.32 Å². The van der Waals surface area contributed by atoms with Gasteiger partial charge in [-0.15, -0.1) is 12.4 Å². The van der Waals surface area contributed by atoms with E-state index in [4.69, 9.17) is 0 Å². The summed E-state index contributed by atoms with van der Waals surface area (Å²) in [6.45, 7) is 2.00. The molecule has 0 radical (unpaired) electrons. The van der Waals surface area contributed by atoms with Crippen molar-refractivity contribution in [3.8, 4) is 0 Å². The van der Waals surface area contributed by atoms with Crippen LogP contribution >= 0.6 is 12.4 Å². The largest absolute Gasteiger partial charge is 0.309 e. The van der Waals surface area contributed by atoms with Crippen molar-refractivity contribution in [2.75, 3.05) is 0 Å². The first kappa shape index (κ1) is 7.51. The van der Waals surface area contributed by atoms with Crippen molar-refractivity contribution in [2.45, 2.75) is 13.1 Å². The Balaban J connectivity index is 0.000000500. The molecule has 0 saturated carbocycles. The van der Waals surface area contributed by atoms with Gasteiger partial charge in [0.15, 0.2) is 0 Å². The van der Waals surface area contributed by atoms with Gasteiger partial charge in [0, 0.05) is 25.5 Å². The summed E-state index contributed by atoms with van der Waals surface area (Å²) in [5, 5.41) is 3.25. The van der Waals surface area contributed by atoms with E-state index in [1.54, 1.807) is 0 Å². The summed E-state index contributed by atoms with van der Waals surface area (Å²) in [5.74, 6) is 0. The van der Waals surface area contributed by atoms with Crippen LogP contribution in [0.1, 0.15) is 11.1 Å². The highest BCUT2D eigenvalue weighted by atomic mass is 35.5. The van der Waals surface area contributed by atoms with E-state index in [-0.39, 0.29) is 12.4 Å². The van der Waals surface area contributed by atoms with Gasteiger partial charge in [-0.25, -0.2) is 0 Å². The second kappa shape index (κ2) is 2.99. The number of aromatic nitrogens is 1. The van der Waals surface area contributed by atoms with E-state index in [0.29, 0.717) is 0 Å². The van der Waals surface area contributed by atoms with Crippen molar-refractivity contribution >= 4 is 12.4 Å². The van der Waals surface area contributed by atoms with E-state index >= 15 is 0 Å². The molecule has 0 saturated heterocycles. The molecule has 0 atom stereocenters. The zero-order valence-electron chi connectivity index (χ0n) is 5.50. The summed E-state index contributed by atoms with van der Waals surface area (Å²) < 4.78 is 0. The zero-order valence-corrected chi connectivity index (χ0v) is 6.32. The summed E-state index contributed by atoms with van der Waals surface area (Å²) in [6.07, 6.45) is 3.77. The maximum absolute atomic E-state index is 4.02. The van der Waals surface area contributed by atoms with Gasteiger partial charge >= 0.3 is 0 Å². The number of halogens is 1. The predicted molar refractivity (Wildman–Crippen MR) is 42.0 cm³/mol. The van der Waals surface area contributed by atoms with Crippen LogP contribution in [0.4, 0.5) is 0 Å². The third-order valence-corrected chi connectivity index (χ3v) is 1.64. The fraction of sp³-hybridized carbons (Fsp3) is 0.286. The molecular formula is C7H9ClN2. The summed E-state index contributed by atoms with van der Waals surface area (Å²) in [5.41, 5.74) is 2.74. The van der Waals surface area contributed by atoms with Gasteiger partial charge in [0.05, 0.1) is 0 Å². The molecule has 1 aromatic rings. The summed E-state index contributed by atoms with van der Waals surface area (Å²) in [4.78, 5) is 4.02. The van der Waals surface area contributed by atoms with E-state index in [1.165, 1.54) is 11.1 Å². The first-order valence-corrected chi connectivity index (χ1v) is 3.09. The van der Waals surface area contributed by atoms with Gasteiger partial charge in [-0.1, -0.05) is 0 Å². The molecule has 1 aromatic heterocycles. The fourth-order valence-electron chi connectivity index (χ4n) is 1.12. The lowest BCUT2D eigenvalue weighted by atomic mass is 10.2. The molecule has 0 spiro atoms. The molecule has 0 amide bonds. The van der Waals surface area contributed by atoms with Crippen molar-refractivity contribution in [3.05, 3.63) is 29.6 Å². The molecule has 2 rings (SSSR count). The van der Waals surface area contributed by atoms with Gasteiger partial charge in [0.2, 0.25) is 0 Å². The molecule has 0 aromatic carbocycles. The standard InChI is InChI=1S/C7H8N2.ClH/c1-2-8-4-7-5-9-3-6(1)7;/h1-2,4,9H,3,5H2;1H. The molecule has 1 N–H and O–H groups in total. The van der Waals surface area contributed by atoms with Crippen LogP contribution in [0.15, 0.2) is 18.5 Å². The Morgan fingerprint density at radius 1 is 1.30 bits per heavy atom. The number of rotatable bonds is 0. The lowest BCUT2D eigenvalue weighted by molar-refractivity contribution is 0.764. The highest BCUT2D eigenvalue weighted by Gasteiger charge is 2.06. The maximum atomic E-state index is 4.02. The molecule has 2 nitrogen and oxygen atoms in total. The van der Waals surface area contributed by atoms with E-state index in [9.17, 15) is 0 Å². The van der Waals surface area contributed by atoms with Gasteiger partial charge in [-0.3, -0.25) is 4.98 Å². The highest BCUT2D eigenvalue weighted by Crippen LogP contribution is 2.11. The molecule has 1 aliphatic heterocycles. The number of hydrogen-bond acceptors (Lipinski definition) is 2. The van der Waals surface area contributed by atoms with Crippen molar-refractivity contribution in [1.29, 1.82) is 0 Å². The van der Waals surface area contributed by atoms with Crippen LogP contribution in [0, 0.1) is 0 Å². The summed E-state index contributed by atoms with van der Waals surface area (Å²) in [7, 11) is 0. The molecule has 0 aliphatic carbocycles. The van der Waals surface area contributed by atoms with Gasteiger partial charge in [-0.05, 0) is 17.2 Å². The third kappa shape index (κ3) is 1.13. The van der Waals surface area contributed by atoms with Crippen LogP contribution in [0.25, 0.3) is 0 Å². The number of fused-ring (bicyclic) bond motifs is 1. The molecule has 3 heteroatoms. The predicted octanol–water partition coefficient (Wildman–Crippen LogP) is 1.11. The second-order valence-corrected chi connectivity index (χ2v) is 2.25. The monoisotopic (exact) mass is 156 g/mol. The molecule has 1 aliphatic rings. The second-order valence-electron chi connectivity index (χ2n) is 2.25. The highest BCUT2D eigenvalue weighted by molar-refractivity contribution is 5.85. The zero-order chi connectivity index (χ0) is 6.10. The number of hydrogen-bond donors (Lipinski definition) is 1. The fourth-order valence-corrected chi connectivity index (χ4v) is 1.12. The van der Waals surface area contributed by atoms with Gasteiger partial charge in [-0.2, -0.15) is 0 Å². The van der Waals surface area contributed by atoms with Crippen LogP contribution in [0.2, 0.25) is 0 Å². The van der Waals surface area contributed by atoms with Crippen molar-refractivity contribution in [3.63, 3.8) is 0 Å². The van der Waals surface area contributed by atoms with Gasteiger partial charge in [0.1, 0.15) is 0 Å². The van der Waals surface area contributed by atoms with Crippen LogP contribution in [-0.2, 0) is 13.1 Å². The quantitative estimate of drug-likeness (QED) is 0.609. The van der Waals surface area contributed by atoms with Crippen molar-refractivity contribution in [1.82, 2.24) is 10.3 Å². The Bertz CT molecular complexity index is 202. The minimum absolute atomic E-state index is 0. The third-order valence-electron chi connectivity index (χ3n) is 1.64. The lowest BCUT2D eigenvalue weighted by Gasteiger charge is -1.90. The van der Waals surface area contributed by atoms with Crippen LogP contribution < -0.4 is 5.32 Å². The molecule has 2 heterocycles. The topological polar surface area (TPSA) is 24.9 Å². The molecular weight excluding hydrogens is 148 g/mol. The Kier molecular flexibility index (Phi) is 2.25. The molecule has 0 unspecified atom stereocenters. The van der Waals surface area contributed by atoms with Crippen molar-refractivity contribution < 1.29 is 0 Å². The first-order valence-electron chi connectivity index (χ1n) is 3.09. The molecule has 54 valence electrons. The van der Waals surface area contributed by atoms with E-state index in [1.807, 2.05) is 12.4 Å². The molecule has 0 bridgehead atoms. The smallest absolute Gasteiger partial charge is 0.0316 e. The average Bonchev–Trinajstić information content (AvgIpc) is 2.33. The first-order chi connectivity index (χ1) is 4.47. The number of nitrogens with one attached hydrogen (secondary N) is 1. The van der Waals surface area contributed by atoms with Crippen LogP contribution in [0.3, 0.4) is 0 Å². The Hall–Kier alpha value is -0.600. The molecule has 10 heavy (non-hydrogen) atoms. The van der Waals surface area contributed by atoms with Gasteiger partial charge in [0.25, 0.3) is 0 Å². The van der Waals surface area contributed by atoms with Crippen LogP contribution in [0.5, 0.6) is 0 Å². The SMILES string of the molecule is Cl.c1cc2c(cn1)CNC2. The number of pyridine rings is 1. The van der Waals surface area contributed by atoms with Crippen molar-refractivity contribution in [2.24, 2.45) is 0 Å². The molecule has 0 fully saturated rings. The summed E-state index contributed by atoms with van der Waals surface area (Å²) >= 11 is 0. The van der Waals surface area contributed by atoms with E-state index < -0.39 is 0 Å². The van der Waals surface area contributed by atoms with E-state index in [0.717, 1.165) is 13.1 Å². The Morgan fingerprint density at radius 2 is 2.10 bits per heavy atom. The Labute approximate surface area is 66.1 Å². The maximum Gasteiger partial charge on any atom is 0.0316 e. The van der Waals surface area contributed by atoms with Crippen LogP contribution in [-0.4, -0.2) is 4.98 Å². The minimum Gasteiger partial charge on any atom is -0.309 e. The summed E-state index contributed by atoms with van der Waals surface area (Å²) in [6, 6.07) is 2.06. The Morgan fingerprint density at radius 3 is 2.90 bits per heavy atom. The van der Waals surface area contributed by atoms with E-state index in [2.05, 4.69) is 16.4 Å². The lowest BCUT2D eigenvalue weighted by Crippen LogP contribution is -1.99. The average molecular weight is 157 g/mol. The minimum atomic E-state index is 0. The number of nitrogens with zero attached hydrogens (tertiary/aromatic N) is 1. The normalized spacial score (nSPS) is 14.0.